The number of aliphatic carboxylic acids is 1. The molecule has 0 radical (unpaired) electrons. The summed E-state index contributed by atoms with van der Waals surface area (Å²) in [6.07, 6.45) is -0.238. The summed E-state index contributed by atoms with van der Waals surface area (Å²) in [6, 6.07) is 16.2. The molecule has 0 spiro atoms. The summed E-state index contributed by atoms with van der Waals surface area (Å²) in [5, 5.41) is 14.3. The maximum Gasteiger partial charge on any atom is 0.407 e. The number of hydrogen-bond acceptors (Lipinski definition) is 5. The van der Waals surface area contributed by atoms with Gasteiger partial charge in [0.05, 0.1) is 6.54 Å². The van der Waals surface area contributed by atoms with E-state index in [0.717, 1.165) is 22.3 Å². The van der Waals surface area contributed by atoms with E-state index >= 15 is 0 Å². The number of amides is 2. The van der Waals surface area contributed by atoms with Gasteiger partial charge in [0.25, 0.3) is 5.91 Å². The van der Waals surface area contributed by atoms with E-state index in [0.29, 0.717) is 19.4 Å². The van der Waals surface area contributed by atoms with E-state index in [9.17, 15) is 14.4 Å². The molecule has 0 aromatic heterocycles. The molecule has 0 saturated carbocycles. The number of alkyl carbamates (subject to hydrolysis) is 1. The van der Waals surface area contributed by atoms with Crippen LogP contribution in [0.4, 0.5) is 4.79 Å². The summed E-state index contributed by atoms with van der Waals surface area (Å²) in [5.41, 5.74) is 4.34. The van der Waals surface area contributed by atoms with Crippen molar-refractivity contribution in [3.63, 3.8) is 0 Å². The molecule has 2 aromatic rings. The van der Waals surface area contributed by atoms with Crippen LogP contribution in [0.5, 0.6) is 0 Å². The van der Waals surface area contributed by atoms with Crippen molar-refractivity contribution in [2.24, 2.45) is 5.41 Å². The number of rotatable bonds is 12. The molecule has 35 heavy (non-hydrogen) atoms. The van der Waals surface area contributed by atoms with Crippen LogP contribution in [0.15, 0.2) is 48.5 Å². The third-order valence-corrected chi connectivity index (χ3v) is 6.47. The van der Waals surface area contributed by atoms with Crippen LogP contribution in [-0.4, -0.2) is 56.0 Å². The van der Waals surface area contributed by atoms with Crippen LogP contribution in [-0.2, 0) is 19.1 Å². The van der Waals surface area contributed by atoms with Crippen molar-refractivity contribution in [3.05, 3.63) is 59.7 Å². The Morgan fingerprint density at radius 1 is 0.971 bits per heavy atom. The van der Waals surface area contributed by atoms with E-state index in [1.165, 1.54) is 7.11 Å². The Hall–Kier alpha value is -3.39. The van der Waals surface area contributed by atoms with Gasteiger partial charge in [-0.3, -0.25) is 9.59 Å². The van der Waals surface area contributed by atoms with Crippen LogP contribution in [0.2, 0.25) is 0 Å². The number of methoxy groups -OCH3 is 1. The van der Waals surface area contributed by atoms with Crippen molar-refractivity contribution in [1.29, 1.82) is 0 Å². The van der Waals surface area contributed by atoms with Gasteiger partial charge in [-0.2, -0.15) is 0 Å². The normalized spacial score (nSPS) is 13.5. The number of carboxylic acids is 1. The van der Waals surface area contributed by atoms with Gasteiger partial charge in [-0.1, -0.05) is 62.4 Å². The molecule has 188 valence electrons. The Balaban J connectivity index is 1.45. The maximum absolute atomic E-state index is 12.5. The molecule has 8 heteroatoms. The van der Waals surface area contributed by atoms with Crippen molar-refractivity contribution in [2.75, 3.05) is 26.8 Å². The maximum atomic E-state index is 12.5. The lowest BCUT2D eigenvalue weighted by atomic mass is 9.84. The number of nitrogens with one attached hydrogen (secondary N) is 2. The highest BCUT2D eigenvalue weighted by atomic mass is 16.5. The number of fused-ring (bicyclic) bond motifs is 3. The fourth-order valence-corrected chi connectivity index (χ4v) is 4.32. The van der Waals surface area contributed by atoms with E-state index in [1.54, 1.807) is 0 Å². The molecule has 0 aliphatic heterocycles. The van der Waals surface area contributed by atoms with Crippen LogP contribution in [0.25, 0.3) is 11.1 Å². The summed E-state index contributed by atoms with van der Waals surface area (Å²) in [6.45, 7) is 4.48. The highest BCUT2D eigenvalue weighted by molar-refractivity contribution is 5.82. The lowest BCUT2D eigenvalue weighted by Crippen LogP contribution is -2.44. The molecular formula is C27H34N2O6. The summed E-state index contributed by atoms with van der Waals surface area (Å²) >= 11 is 0. The predicted molar refractivity (Wildman–Crippen MR) is 132 cm³/mol. The van der Waals surface area contributed by atoms with Gasteiger partial charge in [0.15, 0.2) is 6.10 Å². The molecule has 0 fully saturated rings. The monoisotopic (exact) mass is 482 g/mol. The molecule has 2 aromatic carbocycles. The van der Waals surface area contributed by atoms with Gasteiger partial charge in [0.2, 0.25) is 0 Å². The van der Waals surface area contributed by atoms with Crippen LogP contribution in [0, 0.1) is 5.41 Å². The third kappa shape index (κ3) is 7.05. The van der Waals surface area contributed by atoms with E-state index in [-0.39, 0.29) is 36.8 Å². The first-order valence-electron chi connectivity index (χ1n) is 11.8. The fourth-order valence-electron chi connectivity index (χ4n) is 4.32. The first kappa shape index (κ1) is 26.2. The second-order valence-corrected chi connectivity index (χ2v) is 9.53. The third-order valence-electron chi connectivity index (χ3n) is 6.47. The first-order chi connectivity index (χ1) is 16.7. The van der Waals surface area contributed by atoms with Gasteiger partial charge < -0.3 is 25.2 Å². The standard InChI is InChI=1S/C27H34N2O6/c1-27(2,13-12-24(30)31)14-15-28-25(32)23(34-3)16-29-26(33)35-17-22-20-10-6-4-8-18(20)19-9-5-7-11-21(19)22/h4-11,22-23H,12-17H2,1-3H3,(H,28,32)(H,29,33)(H,30,31). The van der Waals surface area contributed by atoms with Gasteiger partial charge >= 0.3 is 12.1 Å². The minimum absolute atomic E-state index is 0.0264. The molecule has 8 nitrogen and oxygen atoms in total. The molecule has 0 heterocycles. The first-order valence-corrected chi connectivity index (χ1v) is 11.8. The zero-order chi connectivity index (χ0) is 25.4. The molecule has 0 bridgehead atoms. The topological polar surface area (TPSA) is 114 Å². The molecule has 2 amide bonds. The minimum atomic E-state index is -0.863. The SMILES string of the molecule is COC(CNC(=O)OCC1c2ccccc2-c2ccccc21)C(=O)NCCC(C)(C)CCC(=O)O. The molecule has 1 aliphatic rings. The van der Waals surface area contributed by atoms with Gasteiger partial charge in [-0.05, 0) is 40.5 Å². The van der Waals surface area contributed by atoms with E-state index < -0.39 is 18.2 Å². The Morgan fingerprint density at radius 3 is 2.14 bits per heavy atom. The van der Waals surface area contributed by atoms with Crippen molar-refractivity contribution in [3.8, 4) is 11.1 Å². The zero-order valence-electron chi connectivity index (χ0n) is 20.5. The number of benzene rings is 2. The van der Waals surface area contributed by atoms with Crippen molar-refractivity contribution in [1.82, 2.24) is 10.6 Å². The molecule has 1 atom stereocenters. The summed E-state index contributed by atoms with van der Waals surface area (Å²) < 4.78 is 10.7. The Kier molecular flexibility index (Phi) is 8.87. The highest BCUT2D eigenvalue weighted by Gasteiger charge is 2.29. The van der Waals surface area contributed by atoms with Crippen molar-refractivity contribution >= 4 is 18.0 Å². The summed E-state index contributed by atoms with van der Waals surface area (Å²) in [4.78, 5) is 35.6. The number of carboxylic acid groups (broad SMARTS) is 1. The number of hydrogen-bond donors (Lipinski definition) is 3. The predicted octanol–water partition coefficient (Wildman–Crippen LogP) is 3.94. The average Bonchev–Trinajstić information content (AvgIpc) is 3.15. The second kappa shape index (κ2) is 11.8. The second-order valence-electron chi connectivity index (χ2n) is 9.53. The lowest BCUT2D eigenvalue weighted by Gasteiger charge is -2.24. The molecular weight excluding hydrogens is 448 g/mol. The van der Waals surface area contributed by atoms with E-state index in [4.69, 9.17) is 14.6 Å². The smallest absolute Gasteiger partial charge is 0.407 e. The highest BCUT2D eigenvalue weighted by Crippen LogP contribution is 2.44. The van der Waals surface area contributed by atoms with Gasteiger partial charge in [0, 0.05) is 26.0 Å². The number of carbonyl (C=O) groups excluding carboxylic acids is 2. The minimum Gasteiger partial charge on any atom is -0.481 e. The van der Waals surface area contributed by atoms with Crippen molar-refractivity contribution in [2.45, 2.75) is 45.1 Å². The van der Waals surface area contributed by atoms with Crippen LogP contribution >= 0.6 is 0 Å². The van der Waals surface area contributed by atoms with Gasteiger partial charge in [-0.25, -0.2) is 4.79 Å². The largest absolute Gasteiger partial charge is 0.481 e. The van der Waals surface area contributed by atoms with Crippen LogP contribution in [0.3, 0.4) is 0 Å². The van der Waals surface area contributed by atoms with E-state index in [1.807, 2.05) is 38.1 Å². The van der Waals surface area contributed by atoms with Gasteiger partial charge in [-0.15, -0.1) is 0 Å². The zero-order valence-corrected chi connectivity index (χ0v) is 20.5. The van der Waals surface area contributed by atoms with Crippen LogP contribution < -0.4 is 10.6 Å². The number of carbonyl (C=O) groups is 3. The molecule has 0 saturated heterocycles. The van der Waals surface area contributed by atoms with Crippen molar-refractivity contribution < 1.29 is 29.0 Å². The molecule has 1 unspecified atom stereocenters. The molecule has 3 rings (SSSR count). The average molecular weight is 483 g/mol. The Labute approximate surface area is 206 Å². The van der Waals surface area contributed by atoms with Crippen LogP contribution in [0.1, 0.15) is 50.2 Å². The summed E-state index contributed by atoms with van der Waals surface area (Å²) in [7, 11) is 1.40. The van der Waals surface area contributed by atoms with E-state index in [2.05, 4.69) is 34.9 Å². The Bertz CT molecular complexity index is 1010. The quantitative estimate of drug-likeness (QED) is 0.422. The molecule has 3 N–H and O–H groups in total. The molecule has 1 aliphatic carbocycles. The summed E-state index contributed by atoms with van der Waals surface area (Å²) in [5.74, 6) is -1.22. The van der Waals surface area contributed by atoms with Gasteiger partial charge in [0.1, 0.15) is 6.61 Å². The Morgan fingerprint density at radius 2 is 1.57 bits per heavy atom. The lowest BCUT2D eigenvalue weighted by molar-refractivity contribution is -0.137. The fraction of sp³-hybridized carbons (Fsp3) is 0.444. The number of ether oxygens (including phenoxy) is 2.